The van der Waals surface area contributed by atoms with Crippen molar-refractivity contribution in [1.29, 1.82) is 0 Å². The van der Waals surface area contributed by atoms with Crippen LogP contribution in [0, 0.1) is 10.1 Å². The molecule has 0 saturated carbocycles. The third kappa shape index (κ3) is 3.41. The highest BCUT2D eigenvalue weighted by molar-refractivity contribution is 5.35. The molecule has 0 N–H and O–H groups in total. The molecule has 6 nitrogen and oxygen atoms in total. The van der Waals surface area contributed by atoms with Crippen molar-refractivity contribution in [2.24, 2.45) is 0 Å². The number of hydrogen-bond donors (Lipinski definition) is 0. The van der Waals surface area contributed by atoms with Crippen LogP contribution in [0.3, 0.4) is 0 Å². The van der Waals surface area contributed by atoms with Crippen LogP contribution in [0.1, 0.15) is 11.9 Å². The van der Waals surface area contributed by atoms with Crippen molar-refractivity contribution >= 4 is 5.69 Å². The van der Waals surface area contributed by atoms with Gasteiger partial charge in [-0.1, -0.05) is 30.3 Å². The van der Waals surface area contributed by atoms with Crippen molar-refractivity contribution in [1.82, 2.24) is 0 Å². The fourth-order valence-electron chi connectivity index (χ4n) is 2.20. The first-order valence-corrected chi connectivity index (χ1v) is 6.91. The Morgan fingerprint density at radius 3 is 2.77 bits per heavy atom. The van der Waals surface area contributed by atoms with Gasteiger partial charge in [-0.05, 0) is 12.1 Å². The standard InChI is InChI=1S/C16H15NO5/c18-17(19)13-6-4-5-12(9-13)16-21-11-15(22-16)10-20-14-7-2-1-3-8-14/h1-9,15-16H,10-11H2/t15-,16+/m0/s1. The van der Waals surface area contributed by atoms with E-state index in [0.29, 0.717) is 18.8 Å². The molecule has 0 aliphatic carbocycles. The predicted molar refractivity (Wildman–Crippen MR) is 78.6 cm³/mol. The predicted octanol–water partition coefficient (Wildman–Crippen LogP) is 3.09. The molecule has 0 aromatic heterocycles. The second kappa shape index (κ2) is 6.55. The Morgan fingerprint density at radius 1 is 1.18 bits per heavy atom. The third-order valence-electron chi connectivity index (χ3n) is 3.28. The Balaban J connectivity index is 1.58. The van der Waals surface area contributed by atoms with Gasteiger partial charge >= 0.3 is 0 Å². The van der Waals surface area contributed by atoms with E-state index in [-0.39, 0.29) is 11.8 Å². The molecule has 2 aromatic carbocycles. The molecular formula is C16H15NO5. The number of para-hydroxylation sites is 1. The highest BCUT2D eigenvalue weighted by Gasteiger charge is 2.28. The van der Waals surface area contributed by atoms with E-state index in [9.17, 15) is 10.1 Å². The fourth-order valence-corrected chi connectivity index (χ4v) is 2.20. The van der Waals surface area contributed by atoms with Crippen LogP contribution in [0.25, 0.3) is 0 Å². The van der Waals surface area contributed by atoms with Gasteiger partial charge in [0.2, 0.25) is 0 Å². The zero-order valence-electron chi connectivity index (χ0n) is 11.8. The van der Waals surface area contributed by atoms with Gasteiger partial charge in [0.15, 0.2) is 6.29 Å². The van der Waals surface area contributed by atoms with Gasteiger partial charge in [-0.15, -0.1) is 0 Å². The molecule has 22 heavy (non-hydrogen) atoms. The van der Waals surface area contributed by atoms with E-state index in [1.54, 1.807) is 12.1 Å². The van der Waals surface area contributed by atoms with Crippen LogP contribution in [0.5, 0.6) is 5.75 Å². The van der Waals surface area contributed by atoms with E-state index < -0.39 is 11.2 Å². The first kappa shape index (κ1) is 14.5. The third-order valence-corrected chi connectivity index (χ3v) is 3.28. The number of nitro groups is 1. The van der Waals surface area contributed by atoms with Crippen molar-refractivity contribution < 1.29 is 19.1 Å². The molecule has 6 heteroatoms. The summed E-state index contributed by atoms with van der Waals surface area (Å²) in [6, 6.07) is 15.7. The quantitative estimate of drug-likeness (QED) is 0.627. The number of ether oxygens (including phenoxy) is 3. The van der Waals surface area contributed by atoms with Gasteiger partial charge in [0.25, 0.3) is 5.69 Å². The molecule has 1 fully saturated rings. The number of benzene rings is 2. The smallest absolute Gasteiger partial charge is 0.269 e. The molecule has 0 amide bonds. The molecule has 114 valence electrons. The fraction of sp³-hybridized carbons (Fsp3) is 0.250. The van der Waals surface area contributed by atoms with Crippen molar-refractivity contribution in [3.05, 3.63) is 70.3 Å². The first-order chi connectivity index (χ1) is 10.7. The lowest BCUT2D eigenvalue weighted by Crippen LogP contribution is -2.19. The SMILES string of the molecule is O=[N+]([O-])c1cccc([C@@H]2OC[C@H](COc3ccccc3)O2)c1. The van der Waals surface area contributed by atoms with Crippen LogP contribution < -0.4 is 4.74 Å². The zero-order valence-corrected chi connectivity index (χ0v) is 11.8. The van der Waals surface area contributed by atoms with E-state index in [2.05, 4.69) is 0 Å². The molecule has 2 atom stereocenters. The van der Waals surface area contributed by atoms with E-state index in [0.717, 1.165) is 5.75 Å². The lowest BCUT2D eigenvalue weighted by molar-refractivity contribution is -0.385. The Bertz CT molecular complexity index is 646. The summed E-state index contributed by atoms with van der Waals surface area (Å²) in [4.78, 5) is 10.4. The number of rotatable bonds is 5. The summed E-state index contributed by atoms with van der Waals surface area (Å²) < 4.78 is 16.9. The van der Waals surface area contributed by atoms with Crippen LogP contribution in [0.4, 0.5) is 5.69 Å². The van der Waals surface area contributed by atoms with Gasteiger partial charge < -0.3 is 14.2 Å². The monoisotopic (exact) mass is 301 g/mol. The van der Waals surface area contributed by atoms with Crippen molar-refractivity contribution in [3.8, 4) is 5.75 Å². The van der Waals surface area contributed by atoms with Crippen molar-refractivity contribution in [3.63, 3.8) is 0 Å². The molecule has 0 unspecified atom stereocenters. The lowest BCUT2D eigenvalue weighted by atomic mass is 10.2. The molecular weight excluding hydrogens is 286 g/mol. The van der Waals surface area contributed by atoms with Gasteiger partial charge in [-0.25, -0.2) is 0 Å². The molecule has 0 spiro atoms. The Labute approximate surface area is 127 Å². The van der Waals surface area contributed by atoms with Crippen LogP contribution in [0.15, 0.2) is 54.6 Å². The summed E-state index contributed by atoms with van der Waals surface area (Å²) >= 11 is 0. The molecule has 1 heterocycles. The summed E-state index contributed by atoms with van der Waals surface area (Å²) in [5, 5.41) is 10.8. The minimum absolute atomic E-state index is 0.0219. The minimum atomic E-state index is -0.593. The van der Waals surface area contributed by atoms with E-state index in [4.69, 9.17) is 14.2 Å². The van der Waals surface area contributed by atoms with Crippen LogP contribution in [-0.2, 0) is 9.47 Å². The molecule has 2 aromatic rings. The van der Waals surface area contributed by atoms with Gasteiger partial charge in [0, 0.05) is 17.7 Å². The summed E-state index contributed by atoms with van der Waals surface area (Å²) in [5.74, 6) is 0.768. The Morgan fingerprint density at radius 2 is 2.00 bits per heavy atom. The topological polar surface area (TPSA) is 70.8 Å². The van der Waals surface area contributed by atoms with E-state index in [1.807, 2.05) is 30.3 Å². The molecule has 1 aliphatic rings. The minimum Gasteiger partial charge on any atom is -0.491 e. The summed E-state index contributed by atoms with van der Waals surface area (Å²) in [6.07, 6.45) is -0.797. The van der Waals surface area contributed by atoms with Crippen LogP contribution in [-0.4, -0.2) is 24.2 Å². The van der Waals surface area contributed by atoms with Gasteiger partial charge in [0.05, 0.1) is 11.5 Å². The largest absolute Gasteiger partial charge is 0.491 e. The molecule has 3 rings (SSSR count). The molecule has 1 saturated heterocycles. The summed E-state index contributed by atoms with van der Waals surface area (Å²) in [5.41, 5.74) is 0.657. The number of nitrogens with zero attached hydrogens (tertiary/aromatic N) is 1. The van der Waals surface area contributed by atoms with Crippen molar-refractivity contribution in [2.45, 2.75) is 12.4 Å². The molecule has 0 radical (unpaired) electrons. The number of non-ortho nitro benzene ring substituents is 1. The lowest BCUT2D eigenvalue weighted by Gasteiger charge is -2.12. The van der Waals surface area contributed by atoms with E-state index >= 15 is 0 Å². The number of hydrogen-bond acceptors (Lipinski definition) is 5. The van der Waals surface area contributed by atoms with Crippen LogP contribution >= 0.6 is 0 Å². The maximum absolute atomic E-state index is 10.8. The summed E-state index contributed by atoms with van der Waals surface area (Å²) in [6.45, 7) is 0.760. The van der Waals surface area contributed by atoms with E-state index in [1.165, 1.54) is 12.1 Å². The van der Waals surface area contributed by atoms with Gasteiger partial charge in [-0.3, -0.25) is 10.1 Å². The average molecular weight is 301 g/mol. The van der Waals surface area contributed by atoms with Gasteiger partial charge in [0.1, 0.15) is 18.5 Å². The Hall–Kier alpha value is -2.44. The maximum atomic E-state index is 10.8. The normalized spacial score (nSPS) is 20.7. The molecule has 1 aliphatic heterocycles. The summed E-state index contributed by atoms with van der Waals surface area (Å²) in [7, 11) is 0. The Kier molecular flexibility index (Phi) is 4.32. The van der Waals surface area contributed by atoms with Crippen molar-refractivity contribution in [2.75, 3.05) is 13.2 Å². The zero-order chi connectivity index (χ0) is 15.4. The second-order valence-electron chi connectivity index (χ2n) is 4.90. The second-order valence-corrected chi connectivity index (χ2v) is 4.90. The highest BCUT2D eigenvalue weighted by Crippen LogP contribution is 2.29. The highest BCUT2D eigenvalue weighted by atomic mass is 16.7. The van der Waals surface area contributed by atoms with Gasteiger partial charge in [-0.2, -0.15) is 0 Å². The number of nitro benzene ring substituents is 1. The van der Waals surface area contributed by atoms with Crippen LogP contribution in [0.2, 0.25) is 0 Å². The average Bonchev–Trinajstić information content (AvgIpc) is 3.03. The first-order valence-electron chi connectivity index (χ1n) is 6.91. The molecule has 0 bridgehead atoms. The maximum Gasteiger partial charge on any atom is 0.269 e.